The fraction of sp³-hybridized carbons (Fsp3) is 0.0870. The Morgan fingerprint density at radius 2 is 1.79 bits per heavy atom. The Labute approximate surface area is 171 Å². The quantitative estimate of drug-likeness (QED) is 0.484. The summed E-state index contributed by atoms with van der Waals surface area (Å²) >= 11 is 6.03. The number of hydrogen-bond donors (Lipinski definition) is 0. The Hall–Kier alpha value is -3.18. The van der Waals surface area contributed by atoms with Gasteiger partial charge in [-0.1, -0.05) is 35.9 Å². The van der Waals surface area contributed by atoms with Crippen molar-refractivity contribution in [3.8, 4) is 11.5 Å². The predicted molar refractivity (Wildman–Crippen MR) is 106 cm³/mol. The second kappa shape index (κ2) is 7.68. The van der Waals surface area contributed by atoms with Crippen molar-refractivity contribution in [2.24, 2.45) is 0 Å². The smallest absolute Gasteiger partial charge is 0.231 e. The Kier molecular flexibility index (Phi) is 5.07. The third kappa shape index (κ3) is 3.61. The third-order valence-corrected chi connectivity index (χ3v) is 4.98. The molecule has 29 heavy (non-hydrogen) atoms. The van der Waals surface area contributed by atoms with E-state index >= 15 is 0 Å². The van der Waals surface area contributed by atoms with Crippen LogP contribution in [0.4, 0.5) is 8.78 Å². The van der Waals surface area contributed by atoms with Crippen LogP contribution < -0.4 is 9.47 Å². The maximum absolute atomic E-state index is 14.1. The highest BCUT2D eigenvalue weighted by Crippen LogP contribution is 2.40. The molecule has 0 fully saturated rings. The van der Waals surface area contributed by atoms with Gasteiger partial charge < -0.3 is 9.47 Å². The van der Waals surface area contributed by atoms with Gasteiger partial charge in [-0.2, -0.15) is 0 Å². The molecular weight excluding hydrogens is 398 g/mol. The largest absolute Gasteiger partial charge is 0.488 e. The molecule has 0 spiro atoms. The van der Waals surface area contributed by atoms with Crippen molar-refractivity contribution in [3.63, 3.8) is 0 Å². The Bertz CT molecular complexity index is 1130. The molecule has 0 atom stereocenters. The van der Waals surface area contributed by atoms with Gasteiger partial charge in [-0.05, 0) is 43.3 Å². The second-order valence-corrected chi connectivity index (χ2v) is 6.93. The fourth-order valence-electron chi connectivity index (χ4n) is 3.07. The number of fused-ring (bicyclic) bond motifs is 1. The molecule has 0 aliphatic carbocycles. The molecule has 0 saturated heterocycles. The van der Waals surface area contributed by atoms with E-state index in [1.165, 1.54) is 30.3 Å². The lowest BCUT2D eigenvalue weighted by molar-refractivity contribution is 0.101. The topological polar surface area (TPSA) is 35.5 Å². The van der Waals surface area contributed by atoms with Gasteiger partial charge in [-0.3, -0.25) is 4.79 Å². The van der Waals surface area contributed by atoms with Crippen LogP contribution >= 0.6 is 11.6 Å². The maximum atomic E-state index is 14.1. The molecule has 3 aromatic carbocycles. The van der Waals surface area contributed by atoms with E-state index in [2.05, 4.69) is 0 Å². The Balaban J connectivity index is 1.62. The summed E-state index contributed by atoms with van der Waals surface area (Å²) in [5, 5.41) is 0.176. The van der Waals surface area contributed by atoms with E-state index in [0.717, 1.165) is 0 Å². The van der Waals surface area contributed by atoms with Crippen molar-refractivity contribution < 1.29 is 23.0 Å². The monoisotopic (exact) mass is 412 g/mol. The van der Waals surface area contributed by atoms with Gasteiger partial charge in [0.2, 0.25) is 5.78 Å². The summed E-state index contributed by atoms with van der Waals surface area (Å²) < 4.78 is 39.3. The normalized spacial score (nSPS) is 14.1. The van der Waals surface area contributed by atoms with Gasteiger partial charge in [0.15, 0.2) is 5.76 Å². The number of halogens is 3. The van der Waals surface area contributed by atoms with Crippen LogP contribution in [0.3, 0.4) is 0 Å². The van der Waals surface area contributed by atoms with E-state index in [1.54, 1.807) is 37.3 Å². The molecule has 6 heteroatoms. The number of hydrogen-bond acceptors (Lipinski definition) is 3. The molecule has 1 aliphatic rings. The van der Waals surface area contributed by atoms with E-state index in [1.807, 2.05) is 0 Å². The van der Waals surface area contributed by atoms with Gasteiger partial charge in [0.1, 0.15) is 29.7 Å². The number of rotatable bonds is 4. The first-order valence-corrected chi connectivity index (χ1v) is 9.21. The van der Waals surface area contributed by atoms with Crippen LogP contribution in [0.25, 0.3) is 6.08 Å². The van der Waals surface area contributed by atoms with Gasteiger partial charge in [0, 0.05) is 16.7 Å². The number of carbonyl (C=O) groups is 1. The minimum atomic E-state index is -0.553. The first-order valence-electron chi connectivity index (χ1n) is 8.84. The standard InChI is InChI=1S/C23H15ClF2O3/c1-13-20(28-12-14-5-2-3-7-18(14)25)10-9-15-22(27)21(29-23(13)15)11-16-17(24)6-4-8-19(16)26/h2-11H,12H2,1H3/b21-11-. The SMILES string of the molecule is Cc1c(OCc2ccccc2F)ccc2c1O/C(=C\c1c(F)cccc1Cl)C2=O. The maximum Gasteiger partial charge on any atom is 0.231 e. The molecule has 1 heterocycles. The fourth-order valence-corrected chi connectivity index (χ4v) is 3.29. The lowest BCUT2D eigenvalue weighted by Crippen LogP contribution is -2.00. The van der Waals surface area contributed by atoms with Crippen LogP contribution in [0.1, 0.15) is 27.0 Å². The van der Waals surface area contributed by atoms with Gasteiger partial charge in [0.05, 0.1) is 10.6 Å². The number of benzene rings is 3. The highest BCUT2D eigenvalue weighted by molar-refractivity contribution is 6.32. The molecule has 1 aliphatic heterocycles. The zero-order chi connectivity index (χ0) is 20.5. The predicted octanol–water partition coefficient (Wildman–Crippen LogP) is 6.12. The Morgan fingerprint density at radius 3 is 2.55 bits per heavy atom. The number of Topliss-reactive ketones (excluding diaryl/α,β-unsaturated/α-hetero) is 1. The highest BCUT2D eigenvalue weighted by atomic mass is 35.5. The van der Waals surface area contributed by atoms with Gasteiger partial charge in [0.25, 0.3) is 0 Å². The summed E-state index contributed by atoms with van der Waals surface area (Å²) in [7, 11) is 0. The number of ketones is 1. The molecule has 0 N–H and O–H groups in total. The molecule has 0 saturated carbocycles. The summed E-state index contributed by atoms with van der Waals surface area (Å²) in [6.45, 7) is 1.77. The average Bonchev–Trinajstić information content (AvgIpc) is 3.02. The van der Waals surface area contributed by atoms with E-state index in [9.17, 15) is 13.6 Å². The van der Waals surface area contributed by atoms with Gasteiger partial charge in [-0.25, -0.2) is 8.78 Å². The zero-order valence-corrected chi connectivity index (χ0v) is 16.1. The third-order valence-electron chi connectivity index (χ3n) is 4.65. The van der Waals surface area contributed by atoms with Crippen molar-refractivity contribution in [3.05, 3.63) is 99.3 Å². The molecule has 0 bridgehead atoms. The van der Waals surface area contributed by atoms with Crippen molar-refractivity contribution in [1.29, 1.82) is 0 Å². The van der Waals surface area contributed by atoms with Crippen molar-refractivity contribution in [1.82, 2.24) is 0 Å². The molecule has 146 valence electrons. The first kappa shape index (κ1) is 19.2. The first-order chi connectivity index (χ1) is 14.0. The number of allylic oxidation sites excluding steroid dienone is 1. The molecular formula is C23H15ClF2O3. The summed E-state index contributed by atoms with van der Waals surface area (Å²) in [5.41, 5.74) is 1.44. The summed E-state index contributed by atoms with van der Waals surface area (Å²) in [5.74, 6) is -0.512. The van der Waals surface area contributed by atoms with Gasteiger partial charge in [-0.15, -0.1) is 0 Å². The lowest BCUT2D eigenvalue weighted by atomic mass is 10.1. The minimum absolute atomic E-state index is 0.0265. The van der Waals surface area contributed by atoms with E-state index < -0.39 is 5.82 Å². The van der Waals surface area contributed by atoms with Crippen molar-refractivity contribution >= 4 is 23.5 Å². The number of ether oxygens (including phenoxy) is 2. The Morgan fingerprint density at radius 1 is 1.03 bits per heavy atom. The summed E-state index contributed by atoms with van der Waals surface area (Å²) in [4.78, 5) is 12.7. The van der Waals surface area contributed by atoms with E-state index in [-0.39, 0.29) is 34.6 Å². The van der Waals surface area contributed by atoms with Crippen LogP contribution in [0.15, 0.2) is 60.4 Å². The molecule has 0 amide bonds. The van der Waals surface area contributed by atoms with E-state index in [4.69, 9.17) is 21.1 Å². The second-order valence-electron chi connectivity index (χ2n) is 6.52. The van der Waals surface area contributed by atoms with Crippen LogP contribution in [-0.2, 0) is 6.61 Å². The average molecular weight is 413 g/mol. The van der Waals surface area contributed by atoms with E-state index in [0.29, 0.717) is 28.2 Å². The molecule has 0 radical (unpaired) electrons. The molecule has 4 rings (SSSR count). The number of carbonyl (C=O) groups excluding carboxylic acids is 1. The minimum Gasteiger partial charge on any atom is -0.488 e. The van der Waals surface area contributed by atoms with Crippen LogP contribution in [0, 0.1) is 18.6 Å². The lowest BCUT2D eigenvalue weighted by Gasteiger charge is -2.12. The van der Waals surface area contributed by atoms with Crippen LogP contribution in [-0.4, -0.2) is 5.78 Å². The van der Waals surface area contributed by atoms with Crippen LogP contribution in [0.5, 0.6) is 11.5 Å². The highest BCUT2D eigenvalue weighted by Gasteiger charge is 2.30. The van der Waals surface area contributed by atoms with Gasteiger partial charge >= 0.3 is 0 Å². The summed E-state index contributed by atoms with van der Waals surface area (Å²) in [6, 6.07) is 13.8. The molecule has 3 aromatic rings. The van der Waals surface area contributed by atoms with Crippen molar-refractivity contribution in [2.75, 3.05) is 0 Å². The molecule has 0 unspecified atom stereocenters. The molecule has 3 nitrogen and oxygen atoms in total. The van der Waals surface area contributed by atoms with Crippen LogP contribution in [0.2, 0.25) is 5.02 Å². The van der Waals surface area contributed by atoms with Crippen molar-refractivity contribution in [2.45, 2.75) is 13.5 Å². The summed E-state index contributed by atoms with van der Waals surface area (Å²) in [6.07, 6.45) is 1.29. The zero-order valence-electron chi connectivity index (χ0n) is 15.3. The molecule has 0 aromatic heterocycles.